The number of hydrogen-bond acceptors (Lipinski definition) is 2. The molecule has 0 radical (unpaired) electrons. The fraction of sp³-hybridized carbons (Fsp3) is 0.462. The molecular formula is C13H16FNO2. The van der Waals surface area contributed by atoms with Gasteiger partial charge >= 0.3 is 5.97 Å². The molecule has 0 bridgehead atoms. The predicted molar refractivity (Wildman–Crippen MR) is 62.7 cm³/mol. The average molecular weight is 237 g/mol. The van der Waals surface area contributed by atoms with Crippen LogP contribution in [-0.2, 0) is 6.42 Å². The molecule has 0 atom stereocenters. The first-order valence-electron chi connectivity index (χ1n) is 5.91. The van der Waals surface area contributed by atoms with Crippen LogP contribution in [0.15, 0.2) is 18.2 Å². The number of rotatable bonds is 4. The van der Waals surface area contributed by atoms with Crippen molar-refractivity contribution in [3.8, 4) is 0 Å². The molecule has 0 unspecified atom stereocenters. The monoisotopic (exact) mass is 237 g/mol. The van der Waals surface area contributed by atoms with Crippen molar-refractivity contribution in [3.05, 3.63) is 35.1 Å². The maximum atomic E-state index is 13.2. The van der Waals surface area contributed by atoms with Gasteiger partial charge in [0.05, 0.1) is 5.56 Å². The van der Waals surface area contributed by atoms with Crippen LogP contribution in [0.3, 0.4) is 0 Å². The van der Waals surface area contributed by atoms with Crippen LogP contribution in [0.1, 0.15) is 28.8 Å². The van der Waals surface area contributed by atoms with E-state index in [9.17, 15) is 9.18 Å². The van der Waals surface area contributed by atoms with Gasteiger partial charge in [0.25, 0.3) is 0 Å². The minimum absolute atomic E-state index is 0.232. The molecule has 0 saturated carbocycles. The van der Waals surface area contributed by atoms with Crippen LogP contribution in [0.25, 0.3) is 0 Å². The van der Waals surface area contributed by atoms with Crippen molar-refractivity contribution in [1.29, 1.82) is 0 Å². The number of aromatic carboxylic acids is 1. The molecule has 0 spiro atoms. The maximum Gasteiger partial charge on any atom is 0.338 e. The molecule has 0 aromatic heterocycles. The Morgan fingerprint density at radius 2 is 2.06 bits per heavy atom. The third-order valence-electron chi connectivity index (χ3n) is 3.18. The molecule has 2 rings (SSSR count). The maximum absolute atomic E-state index is 13.2. The summed E-state index contributed by atoms with van der Waals surface area (Å²) >= 11 is 0. The van der Waals surface area contributed by atoms with Crippen molar-refractivity contribution in [3.63, 3.8) is 0 Å². The van der Waals surface area contributed by atoms with E-state index in [1.807, 2.05) is 0 Å². The Morgan fingerprint density at radius 1 is 1.35 bits per heavy atom. The molecule has 1 fully saturated rings. The van der Waals surface area contributed by atoms with E-state index in [0.717, 1.165) is 31.6 Å². The summed E-state index contributed by atoms with van der Waals surface area (Å²) in [5, 5.41) is 8.82. The Bertz CT molecular complexity index is 414. The minimum atomic E-state index is -1.20. The van der Waals surface area contributed by atoms with Crippen molar-refractivity contribution in [1.82, 2.24) is 4.90 Å². The fourth-order valence-electron chi connectivity index (χ4n) is 2.19. The normalized spacial score (nSPS) is 16.3. The van der Waals surface area contributed by atoms with Gasteiger partial charge in [0.1, 0.15) is 5.82 Å². The molecule has 1 aliphatic heterocycles. The van der Waals surface area contributed by atoms with Gasteiger partial charge in [-0.3, -0.25) is 0 Å². The molecule has 1 aromatic carbocycles. The van der Waals surface area contributed by atoms with E-state index in [0.29, 0.717) is 0 Å². The summed E-state index contributed by atoms with van der Waals surface area (Å²) in [7, 11) is 0. The molecule has 1 aromatic rings. The molecule has 17 heavy (non-hydrogen) atoms. The SMILES string of the molecule is O=C(O)c1cc(CCN2CCCC2)ccc1F. The molecule has 1 aliphatic rings. The van der Waals surface area contributed by atoms with E-state index in [-0.39, 0.29) is 5.56 Å². The molecule has 92 valence electrons. The van der Waals surface area contributed by atoms with Gasteiger partial charge in [-0.15, -0.1) is 0 Å². The van der Waals surface area contributed by atoms with Crippen molar-refractivity contribution in [2.75, 3.05) is 19.6 Å². The lowest BCUT2D eigenvalue weighted by atomic mass is 10.1. The molecule has 1 N–H and O–H groups in total. The average Bonchev–Trinajstić information content (AvgIpc) is 2.80. The molecule has 4 heteroatoms. The minimum Gasteiger partial charge on any atom is -0.478 e. The Labute approximate surface area is 99.9 Å². The van der Waals surface area contributed by atoms with Gasteiger partial charge in [-0.05, 0) is 50.0 Å². The van der Waals surface area contributed by atoms with Crippen LogP contribution in [0, 0.1) is 5.82 Å². The number of nitrogens with zero attached hydrogens (tertiary/aromatic N) is 1. The van der Waals surface area contributed by atoms with E-state index in [4.69, 9.17) is 5.11 Å². The first-order chi connectivity index (χ1) is 8.16. The molecular weight excluding hydrogens is 221 g/mol. The standard InChI is InChI=1S/C13H16FNO2/c14-12-4-3-10(9-11(12)13(16)17)5-8-15-6-1-2-7-15/h3-4,9H,1-2,5-8H2,(H,16,17). The number of benzene rings is 1. The second-order valence-corrected chi connectivity index (χ2v) is 4.42. The third kappa shape index (κ3) is 3.03. The predicted octanol–water partition coefficient (Wildman–Crippen LogP) is 2.16. The highest BCUT2D eigenvalue weighted by Crippen LogP contribution is 2.13. The third-order valence-corrected chi connectivity index (χ3v) is 3.18. The van der Waals surface area contributed by atoms with Gasteiger partial charge in [-0.2, -0.15) is 0 Å². The fourth-order valence-corrected chi connectivity index (χ4v) is 2.19. The van der Waals surface area contributed by atoms with Crippen molar-refractivity contribution >= 4 is 5.97 Å². The lowest BCUT2D eigenvalue weighted by Crippen LogP contribution is -2.22. The van der Waals surface area contributed by atoms with E-state index in [1.54, 1.807) is 6.07 Å². The highest BCUT2D eigenvalue weighted by molar-refractivity contribution is 5.88. The summed E-state index contributed by atoms with van der Waals surface area (Å²) in [6, 6.07) is 4.34. The van der Waals surface area contributed by atoms with Gasteiger partial charge in [0, 0.05) is 6.54 Å². The highest BCUT2D eigenvalue weighted by atomic mass is 19.1. The summed E-state index contributed by atoms with van der Waals surface area (Å²) in [5.74, 6) is -1.87. The number of likely N-dealkylation sites (tertiary alicyclic amines) is 1. The van der Waals surface area contributed by atoms with Crippen LogP contribution in [0.4, 0.5) is 4.39 Å². The zero-order valence-corrected chi connectivity index (χ0v) is 9.66. The van der Waals surface area contributed by atoms with Crippen molar-refractivity contribution in [2.24, 2.45) is 0 Å². The van der Waals surface area contributed by atoms with Crippen molar-refractivity contribution < 1.29 is 14.3 Å². The molecule has 1 heterocycles. The Morgan fingerprint density at radius 3 is 2.71 bits per heavy atom. The van der Waals surface area contributed by atoms with Crippen molar-refractivity contribution in [2.45, 2.75) is 19.3 Å². The van der Waals surface area contributed by atoms with E-state index < -0.39 is 11.8 Å². The lowest BCUT2D eigenvalue weighted by molar-refractivity contribution is 0.0691. The van der Waals surface area contributed by atoms with Crippen LogP contribution >= 0.6 is 0 Å². The summed E-state index contributed by atoms with van der Waals surface area (Å²) in [6.45, 7) is 3.16. The number of carboxylic acids is 1. The number of hydrogen-bond donors (Lipinski definition) is 1. The van der Waals surface area contributed by atoms with E-state index >= 15 is 0 Å². The summed E-state index contributed by atoms with van der Waals surface area (Å²) in [5.41, 5.74) is 0.652. The van der Waals surface area contributed by atoms with Crippen LogP contribution in [-0.4, -0.2) is 35.6 Å². The Hall–Kier alpha value is -1.42. The zero-order valence-electron chi connectivity index (χ0n) is 9.66. The molecule has 3 nitrogen and oxygen atoms in total. The van der Waals surface area contributed by atoms with Crippen LogP contribution in [0.2, 0.25) is 0 Å². The van der Waals surface area contributed by atoms with E-state index in [2.05, 4.69) is 4.90 Å². The Kier molecular flexibility index (Phi) is 3.74. The Balaban J connectivity index is 2.00. The van der Waals surface area contributed by atoms with Gasteiger partial charge in [0.15, 0.2) is 0 Å². The number of carboxylic acid groups (broad SMARTS) is 1. The smallest absolute Gasteiger partial charge is 0.338 e. The molecule has 0 amide bonds. The quantitative estimate of drug-likeness (QED) is 0.872. The van der Waals surface area contributed by atoms with E-state index in [1.165, 1.54) is 25.0 Å². The molecule has 1 saturated heterocycles. The topological polar surface area (TPSA) is 40.5 Å². The lowest BCUT2D eigenvalue weighted by Gasteiger charge is -2.14. The second kappa shape index (κ2) is 5.27. The van der Waals surface area contributed by atoms with Crippen LogP contribution < -0.4 is 0 Å². The summed E-state index contributed by atoms with van der Waals surface area (Å²) < 4.78 is 13.2. The molecule has 0 aliphatic carbocycles. The highest BCUT2D eigenvalue weighted by Gasteiger charge is 2.13. The summed E-state index contributed by atoms with van der Waals surface area (Å²) in [6.07, 6.45) is 3.26. The number of halogens is 1. The number of carbonyl (C=O) groups is 1. The summed E-state index contributed by atoms with van der Waals surface area (Å²) in [4.78, 5) is 13.1. The second-order valence-electron chi connectivity index (χ2n) is 4.42. The van der Waals surface area contributed by atoms with Crippen LogP contribution in [0.5, 0.6) is 0 Å². The zero-order chi connectivity index (χ0) is 12.3. The van der Waals surface area contributed by atoms with Gasteiger partial charge in [-0.1, -0.05) is 6.07 Å². The first-order valence-corrected chi connectivity index (χ1v) is 5.91. The first kappa shape index (κ1) is 12.0. The van der Waals surface area contributed by atoms with Gasteiger partial charge in [-0.25, -0.2) is 9.18 Å². The van der Waals surface area contributed by atoms with Gasteiger partial charge < -0.3 is 10.0 Å². The van der Waals surface area contributed by atoms with Gasteiger partial charge in [0.2, 0.25) is 0 Å². The largest absolute Gasteiger partial charge is 0.478 e.